The summed E-state index contributed by atoms with van der Waals surface area (Å²) < 4.78 is 10.6. The van der Waals surface area contributed by atoms with Crippen LogP contribution >= 0.6 is 0 Å². The fourth-order valence-electron chi connectivity index (χ4n) is 3.56. The summed E-state index contributed by atoms with van der Waals surface area (Å²) in [5, 5.41) is 0. The van der Waals surface area contributed by atoms with Crippen molar-refractivity contribution < 1.29 is 19.1 Å². The summed E-state index contributed by atoms with van der Waals surface area (Å²) in [6.45, 7) is 3.95. The van der Waals surface area contributed by atoms with Crippen molar-refractivity contribution in [2.45, 2.75) is 19.0 Å². The highest BCUT2D eigenvalue weighted by Gasteiger charge is 2.38. The molecule has 3 aliphatic heterocycles. The molecule has 0 saturated carbocycles. The number of anilines is 1. The zero-order chi connectivity index (χ0) is 16.5. The molecule has 0 radical (unpaired) electrons. The molecule has 7 nitrogen and oxygen atoms in total. The van der Waals surface area contributed by atoms with Gasteiger partial charge in [-0.15, -0.1) is 0 Å². The lowest BCUT2D eigenvalue weighted by Crippen LogP contribution is -2.50. The summed E-state index contributed by atoms with van der Waals surface area (Å²) in [5.74, 6) is 0. The van der Waals surface area contributed by atoms with E-state index in [-0.39, 0.29) is 18.2 Å². The van der Waals surface area contributed by atoms with Gasteiger partial charge in [0.1, 0.15) is 6.61 Å². The van der Waals surface area contributed by atoms with Crippen LogP contribution in [0.3, 0.4) is 0 Å². The van der Waals surface area contributed by atoms with Gasteiger partial charge in [-0.1, -0.05) is 18.2 Å². The smallest absolute Gasteiger partial charge is 0.414 e. The minimum atomic E-state index is -0.291. The molecule has 128 valence electrons. The Morgan fingerprint density at radius 1 is 1.08 bits per heavy atom. The fraction of sp³-hybridized carbons (Fsp3) is 0.529. The largest absolute Gasteiger partial charge is 0.447 e. The number of benzene rings is 1. The summed E-state index contributed by atoms with van der Waals surface area (Å²) in [4.78, 5) is 30.4. The first-order chi connectivity index (χ1) is 11.7. The predicted octanol–water partition coefficient (Wildman–Crippen LogP) is 1.67. The highest BCUT2D eigenvalue weighted by Crippen LogP contribution is 2.31. The lowest BCUT2D eigenvalue weighted by Gasteiger charge is -2.36. The lowest BCUT2D eigenvalue weighted by atomic mass is 10.1. The van der Waals surface area contributed by atoms with Gasteiger partial charge in [0.05, 0.1) is 24.9 Å². The number of rotatable bonds is 0. The number of urea groups is 1. The molecule has 1 atom stereocenters. The Morgan fingerprint density at radius 3 is 2.71 bits per heavy atom. The zero-order valence-corrected chi connectivity index (χ0v) is 13.5. The maximum absolute atomic E-state index is 12.9. The van der Waals surface area contributed by atoms with Gasteiger partial charge in [-0.25, -0.2) is 9.59 Å². The van der Waals surface area contributed by atoms with Gasteiger partial charge in [0.15, 0.2) is 0 Å². The molecule has 0 bridgehead atoms. The molecule has 3 heterocycles. The van der Waals surface area contributed by atoms with Crippen molar-refractivity contribution in [2.24, 2.45) is 0 Å². The van der Waals surface area contributed by atoms with Crippen LogP contribution in [0.25, 0.3) is 0 Å². The summed E-state index contributed by atoms with van der Waals surface area (Å²) >= 11 is 0. The minimum absolute atomic E-state index is 0.0149. The highest BCUT2D eigenvalue weighted by molar-refractivity contribution is 5.91. The first-order valence-corrected chi connectivity index (χ1v) is 8.39. The molecule has 24 heavy (non-hydrogen) atoms. The summed E-state index contributed by atoms with van der Waals surface area (Å²) in [7, 11) is 0. The number of hydrogen-bond acceptors (Lipinski definition) is 4. The van der Waals surface area contributed by atoms with Crippen LogP contribution in [0.1, 0.15) is 12.0 Å². The fourth-order valence-corrected chi connectivity index (χ4v) is 3.56. The normalized spacial score (nSPS) is 23.9. The second-order valence-electron chi connectivity index (χ2n) is 6.32. The number of cyclic esters (lactones) is 1. The standard InChI is InChI=1S/C17H21N3O4/c21-16(18-7-9-23-10-8-18)19-6-5-14-12-24-17(22)20(14)15-4-2-1-3-13(15)11-19/h1-4,14H,5-12H2. The third kappa shape index (κ3) is 2.69. The summed E-state index contributed by atoms with van der Waals surface area (Å²) in [6.07, 6.45) is 0.427. The summed E-state index contributed by atoms with van der Waals surface area (Å²) in [5.41, 5.74) is 1.83. The molecule has 0 aliphatic carbocycles. The molecule has 0 spiro atoms. The molecular formula is C17H21N3O4. The average Bonchev–Trinajstić information content (AvgIpc) is 2.97. The van der Waals surface area contributed by atoms with Crippen molar-refractivity contribution in [1.29, 1.82) is 0 Å². The highest BCUT2D eigenvalue weighted by atomic mass is 16.6. The number of ether oxygens (including phenoxy) is 2. The average molecular weight is 331 g/mol. The molecular weight excluding hydrogens is 310 g/mol. The number of hydrogen-bond donors (Lipinski definition) is 0. The van der Waals surface area contributed by atoms with E-state index >= 15 is 0 Å². The van der Waals surface area contributed by atoms with E-state index in [0.717, 1.165) is 17.7 Å². The second kappa shape index (κ2) is 6.32. The number of fused-ring (bicyclic) bond motifs is 3. The van der Waals surface area contributed by atoms with Crippen LogP contribution in [-0.2, 0) is 16.0 Å². The van der Waals surface area contributed by atoms with Gasteiger partial charge in [0.25, 0.3) is 0 Å². The number of carbonyl (C=O) groups excluding carboxylic acids is 2. The lowest BCUT2D eigenvalue weighted by molar-refractivity contribution is 0.0422. The number of para-hydroxylation sites is 1. The van der Waals surface area contributed by atoms with Gasteiger partial charge < -0.3 is 19.3 Å². The Kier molecular flexibility index (Phi) is 4.02. The Morgan fingerprint density at radius 2 is 1.88 bits per heavy atom. The van der Waals surface area contributed by atoms with E-state index in [0.29, 0.717) is 46.0 Å². The van der Waals surface area contributed by atoms with Crippen LogP contribution in [-0.4, -0.2) is 67.4 Å². The number of nitrogens with zero attached hydrogens (tertiary/aromatic N) is 3. The van der Waals surface area contributed by atoms with Gasteiger partial charge in [-0.2, -0.15) is 0 Å². The molecule has 1 unspecified atom stereocenters. The summed E-state index contributed by atoms with van der Waals surface area (Å²) in [6, 6.07) is 7.79. The molecule has 2 saturated heterocycles. The maximum Gasteiger partial charge on any atom is 0.414 e. The van der Waals surface area contributed by atoms with E-state index in [4.69, 9.17) is 9.47 Å². The van der Waals surface area contributed by atoms with E-state index in [1.54, 1.807) is 4.90 Å². The topological polar surface area (TPSA) is 62.3 Å². The number of amides is 3. The van der Waals surface area contributed by atoms with Crippen LogP contribution in [0.5, 0.6) is 0 Å². The maximum atomic E-state index is 12.9. The van der Waals surface area contributed by atoms with Crippen molar-refractivity contribution in [3.05, 3.63) is 29.8 Å². The van der Waals surface area contributed by atoms with Crippen molar-refractivity contribution >= 4 is 17.8 Å². The molecule has 3 aliphatic rings. The van der Waals surface area contributed by atoms with Crippen LogP contribution < -0.4 is 4.90 Å². The monoisotopic (exact) mass is 331 g/mol. The Balaban J connectivity index is 1.61. The van der Waals surface area contributed by atoms with Crippen molar-refractivity contribution in [2.75, 3.05) is 44.4 Å². The van der Waals surface area contributed by atoms with E-state index in [2.05, 4.69) is 0 Å². The third-order valence-electron chi connectivity index (χ3n) is 4.86. The Labute approximate surface area is 140 Å². The van der Waals surface area contributed by atoms with Crippen LogP contribution in [0, 0.1) is 0 Å². The Hall–Kier alpha value is -2.28. The Bertz CT molecular complexity index is 644. The molecule has 3 amide bonds. The molecule has 7 heteroatoms. The molecule has 0 aromatic heterocycles. The molecule has 1 aromatic carbocycles. The molecule has 0 N–H and O–H groups in total. The first kappa shape index (κ1) is 15.3. The SMILES string of the molecule is O=C(N1CCOCC1)N1CCC2COC(=O)N2c2ccccc2C1. The van der Waals surface area contributed by atoms with Crippen molar-refractivity contribution in [3.8, 4) is 0 Å². The van der Waals surface area contributed by atoms with Gasteiger partial charge in [0.2, 0.25) is 0 Å². The minimum Gasteiger partial charge on any atom is -0.447 e. The van der Waals surface area contributed by atoms with E-state index < -0.39 is 0 Å². The van der Waals surface area contributed by atoms with Crippen molar-refractivity contribution in [3.63, 3.8) is 0 Å². The molecule has 1 aromatic rings. The predicted molar refractivity (Wildman–Crippen MR) is 86.9 cm³/mol. The zero-order valence-electron chi connectivity index (χ0n) is 13.5. The van der Waals surface area contributed by atoms with Crippen LogP contribution in [0.2, 0.25) is 0 Å². The van der Waals surface area contributed by atoms with E-state index in [9.17, 15) is 9.59 Å². The van der Waals surface area contributed by atoms with Gasteiger partial charge in [0, 0.05) is 26.2 Å². The third-order valence-corrected chi connectivity index (χ3v) is 4.86. The van der Waals surface area contributed by atoms with Crippen LogP contribution in [0.15, 0.2) is 24.3 Å². The van der Waals surface area contributed by atoms with Gasteiger partial charge in [-0.3, -0.25) is 4.90 Å². The van der Waals surface area contributed by atoms with Crippen LogP contribution in [0.4, 0.5) is 15.3 Å². The van der Waals surface area contributed by atoms with Gasteiger partial charge in [-0.05, 0) is 18.1 Å². The molecule has 4 rings (SSSR count). The quantitative estimate of drug-likeness (QED) is 0.725. The van der Waals surface area contributed by atoms with Gasteiger partial charge >= 0.3 is 12.1 Å². The van der Waals surface area contributed by atoms with E-state index in [1.165, 1.54) is 0 Å². The number of morpholine rings is 1. The molecule has 2 fully saturated rings. The van der Waals surface area contributed by atoms with Crippen molar-refractivity contribution in [1.82, 2.24) is 9.80 Å². The van der Waals surface area contributed by atoms with E-state index in [1.807, 2.05) is 34.1 Å². The first-order valence-electron chi connectivity index (χ1n) is 8.39. The number of carbonyl (C=O) groups is 2. The second-order valence-corrected chi connectivity index (χ2v) is 6.32.